The van der Waals surface area contributed by atoms with Crippen molar-refractivity contribution in [2.45, 2.75) is 32.2 Å². The molecule has 1 saturated carbocycles. The van der Waals surface area contributed by atoms with Crippen LogP contribution in [-0.4, -0.2) is 41.1 Å². The molecule has 1 aliphatic carbocycles. The number of benzene rings is 1. The second-order valence-electron chi connectivity index (χ2n) is 4.86. The first kappa shape index (κ1) is 14.4. The SMILES string of the molecule is CCOC(=O)CN(C(=O)Cc1ccccc1O)C1CC1. The van der Waals surface area contributed by atoms with Gasteiger partial charge in [0.25, 0.3) is 0 Å². The van der Waals surface area contributed by atoms with Crippen molar-refractivity contribution in [1.29, 1.82) is 0 Å². The van der Waals surface area contributed by atoms with Gasteiger partial charge < -0.3 is 14.7 Å². The first-order valence-electron chi connectivity index (χ1n) is 6.83. The molecule has 20 heavy (non-hydrogen) atoms. The van der Waals surface area contributed by atoms with E-state index in [0.29, 0.717) is 12.2 Å². The highest BCUT2D eigenvalue weighted by atomic mass is 16.5. The minimum atomic E-state index is -0.384. The number of rotatable bonds is 6. The van der Waals surface area contributed by atoms with Gasteiger partial charge in [-0.05, 0) is 25.8 Å². The second-order valence-corrected chi connectivity index (χ2v) is 4.86. The number of carbonyl (C=O) groups excluding carboxylic acids is 2. The smallest absolute Gasteiger partial charge is 0.325 e. The van der Waals surface area contributed by atoms with E-state index in [1.165, 1.54) is 0 Å². The largest absolute Gasteiger partial charge is 0.508 e. The normalized spacial score (nSPS) is 13.8. The highest BCUT2D eigenvalue weighted by Crippen LogP contribution is 2.28. The molecule has 0 bridgehead atoms. The van der Waals surface area contributed by atoms with Crippen LogP contribution in [0.15, 0.2) is 24.3 Å². The van der Waals surface area contributed by atoms with Crippen molar-refractivity contribution in [2.24, 2.45) is 0 Å². The first-order valence-corrected chi connectivity index (χ1v) is 6.83. The van der Waals surface area contributed by atoms with Crippen molar-refractivity contribution in [3.63, 3.8) is 0 Å². The fourth-order valence-electron chi connectivity index (χ4n) is 2.08. The number of hydrogen-bond acceptors (Lipinski definition) is 4. The third-order valence-electron chi connectivity index (χ3n) is 3.25. The summed E-state index contributed by atoms with van der Waals surface area (Å²) in [6.07, 6.45) is 1.94. The summed E-state index contributed by atoms with van der Waals surface area (Å²) in [4.78, 5) is 25.4. The molecule has 0 atom stereocenters. The second kappa shape index (κ2) is 6.41. The molecule has 1 aromatic carbocycles. The number of phenolic OH excluding ortho intramolecular Hbond substituents is 1. The minimum absolute atomic E-state index is 0.00899. The van der Waals surface area contributed by atoms with Crippen LogP contribution in [0.4, 0.5) is 0 Å². The molecule has 0 saturated heterocycles. The van der Waals surface area contributed by atoms with Gasteiger partial charge in [0.2, 0.25) is 5.91 Å². The Kier molecular flexibility index (Phi) is 4.61. The van der Waals surface area contributed by atoms with Crippen molar-refractivity contribution in [2.75, 3.05) is 13.2 Å². The molecule has 1 fully saturated rings. The number of ether oxygens (including phenoxy) is 1. The summed E-state index contributed by atoms with van der Waals surface area (Å²) in [5, 5.41) is 9.70. The summed E-state index contributed by atoms with van der Waals surface area (Å²) in [5.74, 6) is -0.431. The quantitative estimate of drug-likeness (QED) is 0.800. The first-order chi connectivity index (χ1) is 9.61. The van der Waals surface area contributed by atoms with Crippen LogP contribution in [0.3, 0.4) is 0 Å². The third-order valence-corrected chi connectivity index (χ3v) is 3.25. The fraction of sp³-hybridized carbons (Fsp3) is 0.467. The lowest BCUT2D eigenvalue weighted by atomic mass is 10.1. The van der Waals surface area contributed by atoms with Gasteiger partial charge in [-0.15, -0.1) is 0 Å². The van der Waals surface area contributed by atoms with E-state index in [-0.39, 0.29) is 36.6 Å². The number of phenols is 1. The maximum atomic E-state index is 12.3. The van der Waals surface area contributed by atoms with Crippen LogP contribution in [-0.2, 0) is 20.7 Å². The van der Waals surface area contributed by atoms with Crippen LogP contribution in [0.5, 0.6) is 5.75 Å². The Morgan fingerprint density at radius 3 is 2.65 bits per heavy atom. The molecular formula is C15H19NO4. The molecule has 1 aliphatic rings. The van der Waals surface area contributed by atoms with Crippen LogP contribution in [0.2, 0.25) is 0 Å². The van der Waals surface area contributed by atoms with E-state index in [9.17, 15) is 14.7 Å². The van der Waals surface area contributed by atoms with Crippen molar-refractivity contribution >= 4 is 11.9 Å². The molecule has 1 aromatic rings. The van der Waals surface area contributed by atoms with Gasteiger partial charge in [-0.3, -0.25) is 9.59 Å². The van der Waals surface area contributed by atoms with Gasteiger partial charge in [-0.25, -0.2) is 0 Å². The summed E-state index contributed by atoms with van der Waals surface area (Å²) in [6, 6.07) is 6.88. The Hall–Kier alpha value is -2.04. The van der Waals surface area contributed by atoms with Crippen molar-refractivity contribution in [1.82, 2.24) is 4.90 Å². The van der Waals surface area contributed by atoms with E-state index >= 15 is 0 Å². The Morgan fingerprint density at radius 2 is 2.05 bits per heavy atom. The molecule has 108 valence electrons. The zero-order valence-corrected chi connectivity index (χ0v) is 11.5. The Balaban J connectivity index is 2.00. The molecular weight excluding hydrogens is 258 g/mol. The minimum Gasteiger partial charge on any atom is -0.508 e. The number of aromatic hydroxyl groups is 1. The van der Waals surface area contributed by atoms with Crippen molar-refractivity contribution in [3.05, 3.63) is 29.8 Å². The van der Waals surface area contributed by atoms with Gasteiger partial charge in [-0.2, -0.15) is 0 Å². The molecule has 1 amide bonds. The number of carbonyl (C=O) groups is 2. The maximum Gasteiger partial charge on any atom is 0.325 e. The van der Waals surface area contributed by atoms with Gasteiger partial charge in [0.05, 0.1) is 13.0 Å². The average Bonchev–Trinajstić information content (AvgIpc) is 3.23. The maximum absolute atomic E-state index is 12.3. The van der Waals surface area contributed by atoms with Crippen molar-refractivity contribution in [3.8, 4) is 5.75 Å². The van der Waals surface area contributed by atoms with Gasteiger partial charge in [0, 0.05) is 11.6 Å². The Bertz CT molecular complexity index is 496. The lowest BCUT2D eigenvalue weighted by Gasteiger charge is -2.21. The highest BCUT2D eigenvalue weighted by Gasteiger charge is 2.34. The number of amides is 1. The monoisotopic (exact) mass is 277 g/mol. The third kappa shape index (κ3) is 3.73. The van der Waals surface area contributed by atoms with Gasteiger partial charge in [0.1, 0.15) is 12.3 Å². The van der Waals surface area contributed by atoms with Crippen molar-refractivity contribution < 1.29 is 19.4 Å². The summed E-state index contributed by atoms with van der Waals surface area (Å²) in [7, 11) is 0. The molecule has 0 unspecified atom stereocenters. The predicted molar refractivity (Wildman–Crippen MR) is 73.2 cm³/mol. The predicted octanol–water partition coefficient (Wildman–Crippen LogP) is 1.49. The molecule has 0 spiro atoms. The number of hydrogen-bond donors (Lipinski definition) is 1. The van der Waals surface area contributed by atoms with Crippen LogP contribution >= 0.6 is 0 Å². The molecule has 5 heteroatoms. The van der Waals surface area contributed by atoms with E-state index in [1.807, 2.05) is 0 Å². The molecule has 0 aromatic heterocycles. The molecule has 2 rings (SSSR count). The molecule has 0 radical (unpaired) electrons. The lowest BCUT2D eigenvalue weighted by molar-refractivity contribution is -0.149. The summed E-state index contributed by atoms with van der Waals surface area (Å²) in [5.41, 5.74) is 0.576. The van der Waals surface area contributed by atoms with Crippen LogP contribution in [0, 0.1) is 0 Å². The highest BCUT2D eigenvalue weighted by molar-refractivity contribution is 5.84. The summed E-state index contributed by atoms with van der Waals surface area (Å²) < 4.78 is 4.89. The molecule has 1 N–H and O–H groups in total. The Morgan fingerprint density at radius 1 is 1.35 bits per heavy atom. The lowest BCUT2D eigenvalue weighted by Crippen LogP contribution is -2.39. The zero-order valence-electron chi connectivity index (χ0n) is 11.5. The van der Waals surface area contributed by atoms with Gasteiger partial charge in [0.15, 0.2) is 0 Å². The Labute approximate surface area is 118 Å². The average molecular weight is 277 g/mol. The van der Waals surface area contributed by atoms with E-state index in [0.717, 1.165) is 12.8 Å². The van der Waals surface area contributed by atoms with Crippen LogP contribution in [0.25, 0.3) is 0 Å². The molecule has 5 nitrogen and oxygen atoms in total. The van der Waals surface area contributed by atoms with Crippen LogP contribution < -0.4 is 0 Å². The zero-order chi connectivity index (χ0) is 14.5. The van der Waals surface area contributed by atoms with E-state index in [1.54, 1.807) is 36.1 Å². The van der Waals surface area contributed by atoms with E-state index in [2.05, 4.69) is 0 Å². The molecule has 0 heterocycles. The van der Waals surface area contributed by atoms with Gasteiger partial charge in [-0.1, -0.05) is 18.2 Å². The number of para-hydroxylation sites is 1. The molecule has 0 aliphatic heterocycles. The van der Waals surface area contributed by atoms with E-state index in [4.69, 9.17) is 4.74 Å². The summed E-state index contributed by atoms with van der Waals surface area (Å²) in [6.45, 7) is 2.04. The number of esters is 1. The van der Waals surface area contributed by atoms with Gasteiger partial charge >= 0.3 is 5.97 Å². The number of nitrogens with zero attached hydrogens (tertiary/aromatic N) is 1. The van der Waals surface area contributed by atoms with Crippen LogP contribution in [0.1, 0.15) is 25.3 Å². The van der Waals surface area contributed by atoms with E-state index < -0.39 is 0 Å². The summed E-state index contributed by atoms with van der Waals surface area (Å²) >= 11 is 0. The topological polar surface area (TPSA) is 66.8 Å². The standard InChI is InChI=1S/C15H19NO4/c1-2-20-15(19)10-16(12-7-8-12)14(18)9-11-5-3-4-6-13(11)17/h3-6,12,17H,2,7-10H2,1H3. The fourth-order valence-corrected chi connectivity index (χ4v) is 2.08.